The SMILES string of the molecule is CO[C@H]1[C@@H](O)[C@@H](CO)O[C@H]1n1ccc(C)nc1=O. The van der Waals surface area contributed by atoms with Gasteiger partial charge >= 0.3 is 5.69 Å². The molecule has 100 valence electrons. The largest absolute Gasteiger partial charge is 0.394 e. The Balaban J connectivity index is 2.35. The molecule has 1 saturated heterocycles. The number of ether oxygens (including phenoxy) is 2. The molecule has 0 unspecified atom stereocenters. The summed E-state index contributed by atoms with van der Waals surface area (Å²) in [6.45, 7) is 1.37. The van der Waals surface area contributed by atoms with Gasteiger partial charge in [0.2, 0.25) is 0 Å². The summed E-state index contributed by atoms with van der Waals surface area (Å²) in [7, 11) is 1.41. The van der Waals surface area contributed by atoms with Crippen LogP contribution in [0.5, 0.6) is 0 Å². The molecular weight excluding hydrogens is 240 g/mol. The first-order chi connectivity index (χ1) is 8.58. The molecule has 1 aliphatic heterocycles. The number of hydrogen-bond acceptors (Lipinski definition) is 6. The van der Waals surface area contributed by atoms with Crippen LogP contribution >= 0.6 is 0 Å². The van der Waals surface area contributed by atoms with Crippen molar-refractivity contribution in [3.05, 3.63) is 28.4 Å². The van der Waals surface area contributed by atoms with Gasteiger partial charge in [0.15, 0.2) is 6.23 Å². The lowest BCUT2D eigenvalue weighted by Gasteiger charge is -2.20. The molecule has 1 fully saturated rings. The van der Waals surface area contributed by atoms with Crippen molar-refractivity contribution in [1.29, 1.82) is 0 Å². The topological polar surface area (TPSA) is 93.8 Å². The number of rotatable bonds is 3. The van der Waals surface area contributed by atoms with Gasteiger partial charge in [0.05, 0.1) is 6.61 Å². The molecule has 1 aromatic heterocycles. The zero-order chi connectivity index (χ0) is 13.3. The number of hydrogen-bond donors (Lipinski definition) is 2. The van der Waals surface area contributed by atoms with Crippen LogP contribution in [0.1, 0.15) is 11.9 Å². The zero-order valence-corrected chi connectivity index (χ0v) is 10.2. The van der Waals surface area contributed by atoms with Gasteiger partial charge in [-0.3, -0.25) is 4.57 Å². The van der Waals surface area contributed by atoms with E-state index in [9.17, 15) is 9.90 Å². The van der Waals surface area contributed by atoms with Crippen LogP contribution in [0.25, 0.3) is 0 Å². The fraction of sp³-hybridized carbons (Fsp3) is 0.636. The second-order valence-electron chi connectivity index (χ2n) is 4.20. The van der Waals surface area contributed by atoms with Crippen LogP contribution in [0, 0.1) is 6.92 Å². The Morgan fingerprint density at radius 1 is 1.61 bits per heavy atom. The highest BCUT2D eigenvalue weighted by atomic mass is 16.6. The highest BCUT2D eigenvalue weighted by molar-refractivity contribution is 4.99. The highest BCUT2D eigenvalue weighted by Crippen LogP contribution is 2.30. The Morgan fingerprint density at radius 2 is 2.33 bits per heavy atom. The Morgan fingerprint density at radius 3 is 2.89 bits per heavy atom. The van der Waals surface area contributed by atoms with E-state index in [0.29, 0.717) is 5.69 Å². The summed E-state index contributed by atoms with van der Waals surface area (Å²) in [4.78, 5) is 15.6. The predicted octanol–water partition coefficient (Wildman–Crippen LogP) is -1.18. The number of methoxy groups -OCH3 is 1. The van der Waals surface area contributed by atoms with E-state index in [2.05, 4.69) is 4.98 Å². The standard InChI is InChI=1S/C11H16N2O5/c1-6-3-4-13(11(16)12-6)10-9(17-2)8(15)7(5-14)18-10/h3-4,7-10,14-15H,5H2,1-2H3/t7-,8+,9+,10-/m1/s1. The third-order valence-electron chi connectivity index (χ3n) is 3.01. The summed E-state index contributed by atoms with van der Waals surface area (Å²) in [6, 6.07) is 1.66. The Kier molecular flexibility index (Phi) is 3.76. The van der Waals surface area contributed by atoms with E-state index < -0.39 is 30.2 Å². The first-order valence-electron chi connectivity index (χ1n) is 5.61. The second kappa shape index (κ2) is 5.15. The van der Waals surface area contributed by atoms with Crippen molar-refractivity contribution in [1.82, 2.24) is 9.55 Å². The smallest absolute Gasteiger partial charge is 0.349 e. The molecule has 0 aromatic carbocycles. The van der Waals surface area contributed by atoms with Gasteiger partial charge in [-0.25, -0.2) is 4.79 Å². The first-order valence-corrected chi connectivity index (χ1v) is 5.61. The molecule has 18 heavy (non-hydrogen) atoms. The number of aromatic nitrogens is 2. The van der Waals surface area contributed by atoms with Crippen molar-refractivity contribution in [2.75, 3.05) is 13.7 Å². The third-order valence-corrected chi connectivity index (χ3v) is 3.01. The van der Waals surface area contributed by atoms with Crippen LogP contribution in [0.3, 0.4) is 0 Å². The van der Waals surface area contributed by atoms with Crippen LogP contribution in [-0.4, -0.2) is 51.8 Å². The van der Waals surface area contributed by atoms with Gasteiger partial charge in [-0.15, -0.1) is 0 Å². The van der Waals surface area contributed by atoms with Crippen molar-refractivity contribution in [2.45, 2.75) is 31.5 Å². The summed E-state index contributed by atoms with van der Waals surface area (Å²) in [5.74, 6) is 0. The zero-order valence-electron chi connectivity index (χ0n) is 10.2. The number of aliphatic hydroxyl groups is 2. The molecule has 7 heteroatoms. The van der Waals surface area contributed by atoms with Crippen LogP contribution in [0.4, 0.5) is 0 Å². The molecule has 0 bridgehead atoms. The maximum absolute atomic E-state index is 11.8. The normalized spacial score (nSPS) is 31.8. The molecule has 1 aliphatic rings. The number of aliphatic hydroxyl groups excluding tert-OH is 2. The van der Waals surface area contributed by atoms with Gasteiger partial charge in [0, 0.05) is 19.0 Å². The van der Waals surface area contributed by atoms with Gasteiger partial charge in [-0.1, -0.05) is 0 Å². The molecule has 0 radical (unpaired) electrons. The average Bonchev–Trinajstić information content (AvgIpc) is 2.65. The number of aryl methyl sites for hydroxylation is 1. The lowest BCUT2D eigenvalue weighted by molar-refractivity contribution is -0.0625. The number of nitrogens with zero attached hydrogens (tertiary/aromatic N) is 2. The van der Waals surface area contributed by atoms with Crippen molar-refractivity contribution in [3.8, 4) is 0 Å². The summed E-state index contributed by atoms with van der Waals surface area (Å²) < 4.78 is 11.8. The van der Waals surface area contributed by atoms with Crippen LogP contribution in [-0.2, 0) is 9.47 Å². The fourth-order valence-electron chi connectivity index (χ4n) is 2.04. The first kappa shape index (κ1) is 13.2. The van der Waals surface area contributed by atoms with Crippen molar-refractivity contribution in [2.24, 2.45) is 0 Å². The van der Waals surface area contributed by atoms with E-state index in [1.165, 1.54) is 17.9 Å². The maximum Gasteiger partial charge on any atom is 0.349 e. The second-order valence-corrected chi connectivity index (χ2v) is 4.20. The lowest BCUT2D eigenvalue weighted by Crippen LogP contribution is -2.37. The summed E-state index contributed by atoms with van der Waals surface area (Å²) in [5, 5.41) is 19.0. The molecule has 0 amide bonds. The molecule has 2 rings (SSSR count). The minimum atomic E-state index is -0.988. The van der Waals surface area contributed by atoms with Crippen molar-refractivity contribution >= 4 is 0 Å². The van der Waals surface area contributed by atoms with Crippen molar-refractivity contribution < 1.29 is 19.7 Å². The molecule has 4 atom stereocenters. The van der Waals surface area contributed by atoms with Gasteiger partial charge in [-0.2, -0.15) is 4.98 Å². The van der Waals surface area contributed by atoms with E-state index in [1.807, 2.05) is 0 Å². The summed E-state index contributed by atoms with van der Waals surface area (Å²) in [6.07, 6.45) is -1.73. The Labute approximate surface area is 104 Å². The molecule has 7 nitrogen and oxygen atoms in total. The van der Waals surface area contributed by atoms with Gasteiger partial charge < -0.3 is 19.7 Å². The van der Waals surface area contributed by atoms with E-state index >= 15 is 0 Å². The van der Waals surface area contributed by atoms with Crippen LogP contribution in [0.15, 0.2) is 17.1 Å². The van der Waals surface area contributed by atoms with E-state index in [0.717, 1.165) is 0 Å². The molecular formula is C11H16N2O5. The molecule has 0 aliphatic carbocycles. The van der Waals surface area contributed by atoms with Crippen LogP contribution < -0.4 is 5.69 Å². The molecule has 0 spiro atoms. The molecule has 1 aromatic rings. The van der Waals surface area contributed by atoms with E-state index in [-0.39, 0.29) is 6.61 Å². The molecule has 2 heterocycles. The van der Waals surface area contributed by atoms with Gasteiger partial charge in [0.1, 0.15) is 18.3 Å². The quantitative estimate of drug-likeness (QED) is 0.707. The minimum Gasteiger partial charge on any atom is -0.394 e. The predicted molar refractivity (Wildman–Crippen MR) is 61.0 cm³/mol. The van der Waals surface area contributed by atoms with E-state index in [1.54, 1.807) is 13.0 Å². The summed E-state index contributed by atoms with van der Waals surface area (Å²) >= 11 is 0. The highest BCUT2D eigenvalue weighted by Gasteiger charge is 2.45. The fourth-order valence-corrected chi connectivity index (χ4v) is 2.04. The van der Waals surface area contributed by atoms with Gasteiger partial charge in [0.25, 0.3) is 0 Å². The molecule has 0 saturated carbocycles. The Bertz CT molecular complexity index is 475. The van der Waals surface area contributed by atoms with Crippen molar-refractivity contribution in [3.63, 3.8) is 0 Å². The lowest BCUT2D eigenvalue weighted by atomic mass is 10.1. The summed E-state index contributed by atoms with van der Waals surface area (Å²) in [5.41, 5.74) is 0.121. The Hall–Kier alpha value is -1.28. The monoisotopic (exact) mass is 256 g/mol. The van der Waals surface area contributed by atoms with E-state index in [4.69, 9.17) is 14.6 Å². The average molecular weight is 256 g/mol. The minimum absolute atomic E-state index is 0.342. The third kappa shape index (κ3) is 2.17. The van der Waals surface area contributed by atoms with Gasteiger partial charge in [-0.05, 0) is 13.0 Å². The maximum atomic E-state index is 11.8. The van der Waals surface area contributed by atoms with Crippen LogP contribution in [0.2, 0.25) is 0 Å². The molecule has 2 N–H and O–H groups in total.